The lowest BCUT2D eigenvalue weighted by molar-refractivity contribution is 0.0872. The molecule has 0 fully saturated rings. The van der Waals surface area contributed by atoms with Crippen molar-refractivity contribution in [3.8, 4) is 12.1 Å². The van der Waals surface area contributed by atoms with E-state index < -0.39 is 79.7 Å². The van der Waals surface area contributed by atoms with Crippen LogP contribution in [0.25, 0.3) is 43.9 Å². The number of hydrogen-bond acceptors (Lipinski definition) is 12. The predicted octanol–water partition coefficient (Wildman–Crippen LogP) is 15.5. The first kappa shape index (κ1) is 75.0. The number of nitrogens with one attached hydrogen (secondary N) is 2. The average Bonchev–Trinajstić information content (AvgIpc) is 1.55. The van der Waals surface area contributed by atoms with E-state index in [0.717, 1.165) is 78.4 Å². The first-order chi connectivity index (χ1) is 45.9. The van der Waals surface area contributed by atoms with E-state index in [0.29, 0.717) is 70.9 Å². The van der Waals surface area contributed by atoms with Crippen molar-refractivity contribution >= 4 is 102 Å². The molecule has 10 aromatic rings. The van der Waals surface area contributed by atoms with Gasteiger partial charge in [-0.25, -0.2) is 52.6 Å². The van der Waals surface area contributed by atoms with Crippen LogP contribution in [0.2, 0.25) is 51.4 Å². The maximum Gasteiger partial charge on any atom is 0.268 e. The first-order valence-corrected chi connectivity index (χ1v) is 45.7. The molecule has 4 aromatic heterocycles. The molecule has 0 aliphatic heterocycles. The van der Waals surface area contributed by atoms with Crippen LogP contribution < -0.4 is 9.44 Å². The highest BCUT2D eigenvalue weighted by Crippen LogP contribution is 2.41. The number of ether oxygens (including phenoxy) is 2. The third-order valence-electron chi connectivity index (χ3n) is 17.3. The van der Waals surface area contributed by atoms with Gasteiger partial charge in [0.05, 0.1) is 97.6 Å². The van der Waals surface area contributed by atoms with Crippen LogP contribution in [0.4, 0.5) is 0 Å². The summed E-state index contributed by atoms with van der Waals surface area (Å²) in [7, 11) is -13.7. The summed E-state index contributed by atoms with van der Waals surface area (Å²) in [6, 6.07) is 37.2. The number of benzene rings is 6. The minimum absolute atomic E-state index is 0.185. The summed E-state index contributed by atoms with van der Waals surface area (Å²) >= 11 is 0. The molecule has 6 aromatic carbocycles. The van der Waals surface area contributed by atoms with Crippen molar-refractivity contribution in [2.75, 3.05) is 13.2 Å². The Hall–Kier alpha value is -7.21. The van der Waals surface area contributed by atoms with Gasteiger partial charge in [0.1, 0.15) is 37.2 Å². The Morgan fingerprint density at radius 1 is 0.531 bits per heavy atom. The molecule has 0 amide bonds. The molecule has 0 aliphatic rings. The van der Waals surface area contributed by atoms with Crippen molar-refractivity contribution in [1.29, 1.82) is 10.5 Å². The maximum atomic E-state index is 14.1. The summed E-state index contributed by atoms with van der Waals surface area (Å²) in [6.07, 6.45) is 4.51. The summed E-state index contributed by atoms with van der Waals surface area (Å²) in [5.41, 5.74) is 12.1. The number of nitrogens with zero attached hydrogens (tertiary/aromatic N) is 8. The molecular formula is C74H94N10O8S4Si2. The lowest BCUT2D eigenvalue weighted by Gasteiger charge is -2.27. The fourth-order valence-corrected chi connectivity index (χ4v) is 17.7. The first-order valence-electron chi connectivity index (χ1n) is 33.2. The van der Waals surface area contributed by atoms with E-state index in [1.165, 1.54) is 7.94 Å². The molecular weight excluding hydrogens is 1340 g/mol. The normalized spacial score (nSPS) is 14.0. The van der Waals surface area contributed by atoms with Gasteiger partial charge in [0.25, 0.3) is 20.0 Å². The molecule has 0 bridgehead atoms. The van der Waals surface area contributed by atoms with Crippen molar-refractivity contribution < 1.29 is 34.7 Å². The number of aromatic nitrogens is 6. The van der Waals surface area contributed by atoms with Gasteiger partial charge in [-0.1, -0.05) is 101 Å². The third kappa shape index (κ3) is 16.3. The number of fused-ring (bicyclic) bond motifs is 4. The fraction of sp³-hybridized carbons (Fsp3) is 0.405. The van der Waals surface area contributed by atoms with Crippen LogP contribution in [0.1, 0.15) is 135 Å². The molecule has 4 unspecified atom stereocenters. The fourth-order valence-electron chi connectivity index (χ4n) is 11.8. The van der Waals surface area contributed by atoms with E-state index in [-0.39, 0.29) is 23.3 Å². The molecule has 2 N–H and O–H groups in total. The molecule has 18 nitrogen and oxygen atoms in total. The van der Waals surface area contributed by atoms with Gasteiger partial charge in [-0.05, 0) is 200 Å². The predicted molar refractivity (Wildman–Crippen MR) is 402 cm³/mol. The zero-order chi connectivity index (χ0) is 71.8. The molecule has 0 spiro atoms. The molecule has 0 radical (unpaired) electrons. The Morgan fingerprint density at radius 3 is 1.31 bits per heavy atom. The monoisotopic (exact) mass is 1430 g/mol. The zero-order valence-electron chi connectivity index (χ0n) is 59.8. The van der Waals surface area contributed by atoms with Crippen LogP contribution >= 0.6 is 0 Å². The van der Waals surface area contributed by atoms with Crippen LogP contribution in [0, 0.1) is 50.4 Å². The number of hydrogen-bond donors (Lipinski definition) is 2. The summed E-state index contributed by atoms with van der Waals surface area (Å²) in [5.74, 6) is 1.15. The molecule has 4 heterocycles. The molecule has 520 valence electrons. The number of aryl methyl sites for hydroxylation is 6. The van der Waals surface area contributed by atoms with Crippen molar-refractivity contribution in [3.63, 3.8) is 0 Å². The van der Waals surface area contributed by atoms with Crippen LogP contribution in [0.15, 0.2) is 131 Å². The third-order valence-corrected chi connectivity index (χ3v) is 27.2. The molecule has 24 heteroatoms. The van der Waals surface area contributed by atoms with E-state index in [1.54, 1.807) is 79.1 Å². The highest BCUT2D eigenvalue weighted by Gasteiger charge is 2.36. The average molecular weight is 1440 g/mol. The van der Waals surface area contributed by atoms with Crippen molar-refractivity contribution in [2.24, 2.45) is 0 Å². The largest absolute Gasteiger partial charge is 0.361 e. The summed E-state index contributed by atoms with van der Waals surface area (Å²) in [6.45, 7) is 38.6. The summed E-state index contributed by atoms with van der Waals surface area (Å²) in [5, 5.41) is 20.9. The number of rotatable bonds is 24. The van der Waals surface area contributed by atoms with Gasteiger partial charge >= 0.3 is 0 Å². The molecule has 10 rings (SSSR count). The zero-order valence-corrected chi connectivity index (χ0v) is 65.1. The molecule has 98 heavy (non-hydrogen) atoms. The van der Waals surface area contributed by atoms with Crippen LogP contribution in [0.3, 0.4) is 0 Å². The minimum Gasteiger partial charge on any atom is -0.361 e. The number of nitriles is 2. The topological polar surface area (TPSA) is 238 Å². The molecule has 4 atom stereocenters. The van der Waals surface area contributed by atoms with E-state index in [4.69, 9.17) is 19.4 Å². The van der Waals surface area contributed by atoms with Crippen LogP contribution in [0.5, 0.6) is 0 Å². The van der Waals surface area contributed by atoms with Crippen LogP contribution in [-0.4, -0.2) is 91.2 Å². The van der Waals surface area contributed by atoms with Crippen molar-refractivity contribution in [1.82, 2.24) is 36.5 Å². The highest BCUT2D eigenvalue weighted by molar-refractivity contribution is 7.90. The summed E-state index contributed by atoms with van der Waals surface area (Å²) < 4.78 is 109. The maximum absolute atomic E-state index is 14.1. The summed E-state index contributed by atoms with van der Waals surface area (Å²) in [4.78, 5) is 10.6. The van der Waals surface area contributed by atoms with Gasteiger partial charge in [-0.15, -0.1) is 0 Å². The van der Waals surface area contributed by atoms with Gasteiger partial charge < -0.3 is 18.6 Å². The second-order valence-corrected chi connectivity index (χ2v) is 48.5. The molecule has 0 saturated carbocycles. The second-order valence-electron chi connectivity index (χ2n) is 29.6. The number of imidazole rings is 2. The lowest BCUT2D eigenvalue weighted by atomic mass is 9.92. The SMILES string of the molecule is CCc1cc(C)c2c(ccn2S(=O)(=O)c2ccc(C)cc2)c1C(NS(=O)C(C)(C)C)c1nc2cc(C#N)ccc2n1COCC[Si](C)(C)C.CCc1cc(C)c2c(ccn2S(=O)(=O)c2ccc(C)cc2)c1C(NS(=O)C(C)(C)C)c1nc2ccc(C#N)cc2n1COCC[Si](C)(C)C. The Labute approximate surface area is 586 Å². The van der Waals surface area contributed by atoms with Gasteiger partial charge in [0.2, 0.25) is 0 Å². The standard InChI is InChI=1S/2C37H47N5O4S2Si/c1-10-28-21-26(3)35-30(17-18-42(35)48(44,45)29-14-11-25(2)12-15-29)33(28)34(40-47(43)37(4,5)6)36-39-31-22-27(23-38)13-16-32(31)41(36)24-46-19-20-49(7,8)9;1-10-28-21-26(3)35-30(17-18-42(35)48(44,45)29-14-11-25(2)12-15-29)33(28)34(40-47(43)37(4,5)6)36-39-31-16-13-27(23-38)22-32(31)41(36)24-46-19-20-49(7,8)9/h2*11-18,21-22,34,40H,10,19-20,24H2,1-9H3. The highest BCUT2D eigenvalue weighted by atomic mass is 32.2. The molecule has 0 saturated heterocycles. The molecule has 0 aliphatic carbocycles. The van der Waals surface area contributed by atoms with Gasteiger partial charge in [-0.2, -0.15) is 10.5 Å². The quantitative estimate of drug-likeness (QED) is 0.0424. The second kappa shape index (κ2) is 29.5. The minimum atomic E-state index is -3.93. The van der Waals surface area contributed by atoms with Crippen LogP contribution in [-0.2, 0) is 77.8 Å². The smallest absolute Gasteiger partial charge is 0.268 e. The van der Waals surface area contributed by atoms with Gasteiger partial charge in [0, 0.05) is 52.5 Å². The van der Waals surface area contributed by atoms with Crippen molar-refractivity contribution in [3.05, 3.63) is 189 Å². The Bertz CT molecular complexity index is 4800. The Kier molecular flexibility index (Phi) is 22.6. The Balaban J connectivity index is 0.000000229. The lowest BCUT2D eigenvalue weighted by Crippen LogP contribution is -2.37. The van der Waals surface area contributed by atoms with E-state index in [9.17, 15) is 35.8 Å². The van der Waals surface area contributed by atoms with Gasteiger partial charge in [-0.3, -0.25) is 0 Å². The van der Waals surface area contributed by atoms with Crippen molar-refractivity contribution in [2.45, 2.75) is 192 Å². The van der Waals surface area contributed by atoms with Gasteiger partial charge in [0.15, 0.2) is 0 Å². The van der Waals surface area contributed by atoms with E-state index in [1.807, 2.05) is 121 Å². The Morgan fingerprint density at radius 2 is 0.918 bits per heavy atom. The van der Waals surface area contributed by atoms with E-state index >= 15 is 0 Å². The van der Waals surface area contributed by atoms with E-state index in [2.05, 4.69) is 74.7 Å².